The Bertz CT molecular complexity index is 651. The van der Waals surface area contributed by atoms with E-state index in [-0.39, 0.29) is 5.16 Å². The molecule has 0 saturated heterocycles. The number of hydrogen-bond donors (Lipinski definition) is 0. The van der Waals surface area contributed by atoms with Gasteiger partial charge in [-0.05, 0) is 24.7 Å². The van der Waals surface area contributed by atoms with E-state index in [0.29, 0.717) is 6.61 Å². The minimum absolute atomic E-state index is 0.0356. The molecule has 24 heavy (non-hydrogen) atoms. The summed E-state index contributed by atoms with van der Waals surface area (Å²) in [5.41, 5.74) is 2.29. The van der Waals surface area contributed by atoms with Gasteiger partial charge in [-0.1, -0.05) is 44.2 Å². The van der Waals surface area contributed by atoms with Crippen molar-refractivity contribution in [2.45, 2.75) is 32.0 Å². The maximum absolute atomic E-state index is 6.22. The lowest BCUT2D eigenvalue weighted by molar-refractivity contribution is 0.277. The van der Waals surface area contributed by atoms with Crippen LogP contribution in [0.1, 0.15) is 31.4 Å². The van der Waals surface area contributed by atoms with Gasteiger partial charge in [-0.15, -0.1) is 8.58 Å². The molecule has 4 heteroatoms. The van der Waals surface area contributed by atoms with E-state index in [4.69, 9.17) is 14.2 Å². The van der Waals surface area contributed by atoms with Crippen LogP contribution in [0.3, 0.4) is 0 Å². The average molecular weight is 346 g/mol. The minimum Gasteiger partial charge on any atom is -0.497 e. The third-order valence-corrected chi connectivity index (χ3v) is 6.29. The Labute approximate surface area is 147 Å². The van der Waals surface area contributed by atoms with Crippen molar-refractivity contribution in [1.29, 1.82) is 0 Å². The second-order valence-corrected chi connectivity index (χ2v) is 7.52. The Balaban J connectivity index is 2.46. The normalized spacial score (nSPS) is 13.7. The third-order valence-electron chi connectivity index (χ3n) is 4.56. The summed E-state index contributed by atoms with van der Waals surface area (Å²) in [5, 5.41) is 0.0356. The first-order valence-electron chi connectivity index (χ1n) is 8.20. The summed E-state index contributed by atoms with van der Waals surface area (Å²) in [5.74, 6) is 2.34. The fourth-order valence-electron chi connectivity index (χ4n) is 2.64. The molecule has 2 aromatic rings. The zero-order valence-electron chi connectivity index (χ0n) is 15.2. The first-order chi connectivity index (χ1) is 11.6. The molecule has 2 rings (SSSR count). The van der Waals surface area contributed by atoms with Crippen molar-refractivity contribution in [1.82, 2.24) is 0 Å². The minimum atomic E-state index is 0.0356. The topological polar surface area (TPSA) is 27.7 Å². The number of rotatable bonds is 8. The summed E-state index contributed by atoms with van der Waals surface area (Å²) in [4.78, 5) is 0. The van der Waals surface area contributed by atoms with Gasteiger partial charge in [0, 0.05) is 16.8 Å². The van der Waals surface area contributed by atoms with Crippen LogP contribution in [0.4, 0.5) is 0 Å². The van der Waals surface area contributed by atoms with E-state index in [9.17, 15) is 0 Å². The molecule has 3 nitrogen and oxygen atoms in total. The summed E-state index contributed by atoms with van der Waals surface area (Å²) in [6.45, 7) is 7.23. The highest BCUT2D eigenvalue weighted by Gasteiger charge is 2.29. The predicted octanol–water partition coefficient (Wildman–Crippen LogP) is 5.22. The zero-order chi connectivity index (χ0) is 17.6. The molecule has 0 amide bonds. The quantitative estimate of drug-likeness (QED) is 0.614. The van der Waals surface area contributed by atoms with Gasteiger partial charge in [-0.2, -0.15) is 0 Å². The lowest BCUT2D eigenvalue weighted by atomic mass is 9.95. The van der Waals surface area contributed by atoms with Crippen LogP contribution in [-0.4, -0.2) is 20.9 Å². The highest BCUT2D eigenvalue weighted by Crippen LogP contribution is 2.50. The van der Waals surface area contributed by atoms with Gasteiger partial charge in [0.25, 0.3) is 0 Å². The lowest BCUT2D eigenvalue weighted by Gasteiger charge is -2.30. The zero-order valence-corrected chi connectivity index (χ0v) is 16.2. The maximum atomic E-state index is 6.22. The monoisotopic (exact) mass is 346 g/mol. The molecule has 0 aliphatic rings. The molecule has 0 heterocycles. The van der Waals surface area contributed by atoms with E-state index in [1.807, 2.05) is 24.3 Å². The van der Waals surface area contributed by atoms with Crippen LogP contribution in [0, 0.1) is 0 Å². The first kappa shape index (κ1) is 18.6. The highest BCUT2D eigenvalue weighted by molar-refractivity contribution is 7.38. The Hall–Kier alpha value is -1.73. The van der Waals surface area contributed by atoms with Crippen molar-refractivity contribution in [3.05, 3.63) is 53.6 Å². The van der Waals surface area contributed by atoms with Crippen LogP contribution in [0.2, 0.25) is 0 Å². The van der Waals surface area contributed by atoms with Gasteiger partial charge in [-0.3, -0.25) is 0 Å². The van der Waals surface area contributed by atoms with Crippen molar-refractivity contribution in [2.24, 2.45) is 0 Å². The van der Waals surface area contributed by atoms with E-state index in [1.54, 1.807) is 14.2 Å². The molecule has 2 atom stereocenters. The van der Waals surface area contributed by atoms with E-state index in [0.717, 1.165) is 43.4 Å². The molecule has 0 aromatic heterocycles. The number of benzene rings is 2. The van der Waals surface area contributed by atoms with E-state index in [1.165, 1.54) is 0 Å². The Kier molecular flexibility index (Phi) is 6.51. The van der Waals surface area contributed by atoms with Crippen LogP contribution in [0.5, 0.6) is 17.2 Å². The van der Waals surface area contributed by atoms with Crippen LogP contribution >= 0.6 is 8.58 Å². The van der Waals surface area contributed by atoms with Crippen LogP contribution in [0.25, 0.3) is 0 Å². The molecular formula is C20H27O3P. The van der Waals surface area contributed by atoms with Crippen molar-refractivity contribution >= 4 is 8.58 Å². The molecule has 0 saturated carbocycles. The van der Waals surface area contributed by atoms with Gasteiger partial charge in [0.1, 0.15) is 12.4 Å². The van der Waals surface area contributed by atoms with Crippen molar-refractivity contribution in [3.8, 4) is 17.2 Å². The smallest absolute Gasteiger partial charge is 0.166 e. The molecule has 0 aliphatic carbocycles. The fraction of sp³-hybridized carbons (Fsp3) is 0.400. The SMILES string of the molecule is CCC(C)(PC)c1cc(OC)cc(OC)c1OCc1ccccc1. The Morgan fingerprint density at radius 2 is 1.75 bits per heavy atom. The van der Waals surface area contributed by atoms with Gasteiger partial charge in [0.05, 0.1) is 14.2 Å². The Morgan fingerprint density at radius 1 is 1.04 bits per heavy atom. The van der Waals surface area contributed by atoms with Gasteiger partial charge in [0.2, 0.25) is 0 Å². The second-order valence-electron chi connectivity index (χ2n) is 5.92. The molecule has 0 spiro atoms. The first-order valence-corrected chi connectivity index (χ1v) is 9.70. The molecule has 0 N–H and O–H groups in total. The highest BCUT2D eigenvalue weighted by atomic mass is 31.1. The van der Waals surface area contributed by atoms with Crippen LogP contribution in [-0.2, 0) is 11.8 Å². The van der Waals surface area contributed by atoms with Gasteiger partial charge < -0.3 is 14.2 Å². The van der Waals surface area contributed by atoms with E-state index >= 15 is 0 Å². The van der Waals surface area contributed by atoms with Crippen molar-refractivity contribution < 1.29 is 14.2 Å². The largest absolute Gasteiger partial charge is 0.497 e. The van der Waals surface area contributed by atoms with E-state index in [2.05, 4.69) is 38.7 Å². The number of ether oxygens (including phenoxy) is 3. The summed E-state index contributed by atoms with van der Waals surface area (Å²) < 4.78 is 17.3. The molecule has 0 fully saturated rings. The van der Waals surface area contributed by atoms with Gasteiger partial charge in [-0.25, -0.2) is 0 Å². The Morgan fingerprint density at radius 3 is 2.29 bits per heavy atom. The standard InChI is InChI=1S/C20H27O3P/c1-6-20(2,24-5)17-12-16(21-3)13-18(22-4)19(17)23-14-15-10-8-7-9-11-15/h7-13,24H,6,14H2,1-5H3. The lowest BCUT2D eigenvalue weighted by Crippen LogP contribution is -2.16. The third kappa shape index (κ3) is 4.02. The van der Waals surface area contributed by atoms with E-state index < -0.39 is 0 Å². The maximum Gasteiger partial charge on any atom is 0.166 e. The molecule has 130 valence electrons. The number of methoxy groups -OCH3 is 2. The average Bonchev–Trinajstić information content (AvgIpc) is 2.65. The summed E-state index contributed by atoms with van der Waals surface area (Å²) >= 11 is 0. The molecule has 0 aliphatic heterocycles. The molecule has 2 unspecified atom stereocenters. The van der Waals surface area contributed by atoms with Crippen LogP contribution in [0.15, 0.2) is 42.5 Å². The summed E-state index contributed by atoms with van der Waals surface area (Å²) in [7, 11) is 4.10. The number of hydrogen-bond acceptors (Lipinski definition) is 3. The second kappa shape index (κ2) is 8.39. The van der Waals surface area contributed by atoms with Crippen molar-refractivity contribution in [2.75, 3.05) is 20.9 Å². The van der Waals surface area contributed by atoms with Gasteiger partial charge >= 0.3 is 0 Å². The van der Waals surface area contributed by atoms with Crippen LogP contribution < -0.4 is 14.2 Å². The fourth-order valence-corrected chi connectivity index (χ4v) is 3.45. The summed E-state index contributed by atoms with van der Waals surface area (Å²) in [6, 6.07) is 14.2. The van der Waals surface area contributed by atoms with Crippen molar-refractivity contribution in [3.63, 3.8) is 0 Å². The van der Waals surface area contributed by atoms with Gasteiger partial charge in [0.15, 0.2) is 11.5 Å². The molecule has 2 aromatic carbocycles. The summed E-state index contributed by atoms with van der Waals surface area (Å²) in [6.07, 6.45) is 1.03. The predicted molar refractivity (Wildman–Crippen MR) is 102 cm³/mol. The molecule has 0 radical (unpaired) electrons. The molecule has 0 bridgehead atoms. The molecular weight excluding hydrogens is 319 g/mol.